The summed E-state index contributed by atoms with van der Waals surface area (Å²) >= 11 is 0. The van der Waals surface area contributed by atoms with Crippen LogP contribution >= 0.6 is 0 Å². The quantitative estimate of drug-likeness (QED) is 0.755. The smallest absolute Gasteiger partial charge is 0.306 e. The minimum absolute atomic E-state index is 0.0568. The molecule has 2 aliphatic carbocycles. The van der Waals surface area contributed by atoms with E-state index in [2.05, 4.69) is 5.32 Å². The third-order valence-corrected chi connectivity index (χ3v) is 5.75. The molecule has 0 aliphatic heterocycles. The van der Waals surface area contributed by atoms with Gasteiger partial charge in [-0.3, -0.25) is 9.59 Å². The van der Waals surface area contributed by atoms with Crippen molar-refractivity contribution in [2.24, 2.45) is 17.3 Å². The lowest BCUT2D eigenvalue weighted by Gasteiger charge is -2.26. The Morgan fingerprint density at radius 1 is 1.14 bits per heavy atom. The Morgan fingerprint density at radius 3 is 2.10 bits per heavy atom. The highest BCUT2D eigenvalue weighted by Gasteiger charge is 2.45. The molecule has 7 heteroatoms. The number of carbonyl (C=O) groups excluding carboxylic acids is 1. The fourth-order valence-electron chi connectivity index (χ4n) is 3.13. The van der Waals surface area contributed by atoms with Gasteiger partial charge in [-0.05, 0) is 38.5 Å². The lowest BCUT2D eigenvalue weighted by molar-refractivity contribution is -0.144. The van der Waals surface area contributed by atoms with E-state index in [-0.39, 0.29) is 28.9 Å². The van der Waals surface area contributed by atoms with E-state index in [1.54, 1.807) is 0 Å². The van der Waals surface area contributed by atoms with Gasteiger partial charge in [0.25, 0.3) is 0 Å². The summed E-state index contributed by atoms with van der Waals surface area (Å²) in [7, 11) is -3.03. The monoisotopic (exact) mass is 317 g/mol. The SMILES string of the molecule is CS(=O)(=O)CC1(CNC(=O)C2CCC(C(=O)O)CC2)CC1. The highest BCUT2D eigenvalue weighted by molar-refractivity contribution is 7.90. The van der Waals surface area contributed by atoms with E-state index in [4.69, 9.17) is 5.11 Å². The molecule has 0 radical (unpaired) electrons. The fraction of sp³-hybridized carbons (Fsp3) is 0.857. The number of hydrogen-bond acceptors (Lipinski definition) is 4. The van der Waals surface area contributed by atoms with Crippen LogP contribution in [0.5, 0.6) is 0 Å². The van der Waals surface area contributed by atoms with Gasteiger partial charge in [0.2, 0.25) is 5.91 Å². The molecule has 0 aromatic carbocycles. The molecular formula is C14H23NO5S. The van der Waals surface area contributed by atoms with Gasteiger partial charge in [0.1, 0.15) is 9.84 Å². The van der Waals surface area contributed by atoms with Gasteiger partial charge in [0.05, 0.1) is 11.7 Å². The number of amides is 1. The molecule has 0 spiro atoms. The fourth-order valence-corrected chi connectivity index (χ4v) is 4.63. The van der Waals surface area contributed by atoms with Crippen molar-refractivity contribution < 1.29 is 23.1 Å². The van der Waals surface area contributed by atoms with E-state index in [0.717, 1.165) is 12.8 Å². The zero-order valence-electron chi connectivity index (χ0n) is 12.3. The molecule has 0 aromatic rings. The summed E-state index contributed by atoms with van der Waals surface area (Å²) < 4.78 is 22.7. The van der Waals surface area contributed by atoms with Gasteiger partial charge in [-0.25, -0.2) is 8.42 Å². The molecule has 0 atom stereocenters. The van der Waals surface area contributed by atoms with Crippen LogP contribution in [-0.2, 0) is 19.4 Å². The first-order valence-electron chi connectivity index (χ1n) is 7.39. The van der Waals surface area contributed by atoms with Gasteiger partial charge in [-0.2, -0.15) is 0 Å². The number of carbonyl (C=O) groups is 2. The molecule has 6 nitrogen and oxygen atoms in total. The summed E-state index contributed by atoms with van der Waals surface area (Å²) in [5.41, 5.74) is -0.262. The molecule has 0 heterocycles. The van der Waals surface area contributed by atoms with Crippen LogP contribution < -0.4 is 5.32 Å². The van der Waals surface area contributed by atoms with Crippen LogP contribution in [0.25, 0.3) is 0 Å². The zero-order valence-corrected chi connectivity index (χ0v) is 13.1. The van der Waals surface area contributed by atoms with Gasteiger partial charge in [-0.15, -0.1) is 0 Å². The standard InChI is InChI=1S/C14H23NO5S/c1-21(19,20)9-14(6-7-14)8-15-12(16)10-2-4-11(5-3-10)13(17)18/h10-11H,2-9H2,1H3,(H,15,16)(H,17,18). The second-order valence-corrected chi connectivity index (χ2v) is 8.81. The van der Waals surface area contributed by atoms with Crippen LogP contribution in [0.3, 0.4) is 0 Å². The topological polar surface area (TPSA) is 101 Å². The minimum Gasteiger partial charge on any atom is -0.481 e. The molecule has 0 aromatic heterocycles. The van der Waals surface area contributed by atoms with E-state index in [0.29, 0.717) is 32.2 Å². The minimum atomic E-state index is -3.03. The van der Waals surface area contributed by atoms with Crippen molar-refractivity contribution in [3.8, 4) is 0 Å². The molecule has 1 amide bonds. The van der Waals surface area contributed by atoms with Crippen LogP contribution in [0, 0.1) is 17.3 Å². The second-order valence-electron chi connectivity index (χ2n) is 6.67. The number of carboxylic acid groups (broad SMARTS) is 1. The van der Waals surface area contributed by atoms with Gasteiger partial charge in [-0.1, -0.05) is 0 Å². The molecule has 120 valence electrons. The van der Waals surface area contributed by atoms with E-state index in [1.807, 2.05) is 0 Å². The number of aliphatic carboxylic acids is 1. The third kappa shape index (κ3) is 4.69. The van der Waals surface area contributed by atoms with Gasteiger partial charge >= 0.3 is 5.97 Å². The van der Waals surface area contributed by atoms with Crippen molar-refractivity contribution in [3.05, 3.63) is 0 Å². The largest absolute Gasteiger partial charge is 0.481 e. The van der Waals surface area contributed by atoms with Crippen molar-refractivity contribution in [1.82, 2.24) is 5.32 Å². The molecule has 0 unspecified atom stereocenters. The molecule has 2 saturated carbocycles. The third-order valence-electron chi connectivity index (χ3n) is 4.61. The van der Waals surface area contributed by atoms with E-state index in [1.165, 1.54) is 6.26 Å². The van der Waals surface area contributed by atoms with Crippen molar-refractivity contribution in [2.75, 3.05) is 18.6 Å². The van der Waals surface area contributed by atoms with Gasteiger partial charge in [0, 0.05) is 24.1 Å². The molecular weight excluding hydrogens is 294 g/mol. The number of rotatable bonds is 6. The Hall–Kier alpha value is -1.11. The number of sulfone groups is 1. The second kappa shape index (κ2) is 5.94. The molecule has 2 aliphatic rings. The van der Waals surface area contributed by atoms with Crippen molar-refractivity contribution in [1.29, 1.82) is 0 Å². The highest BCUT2D eigenvalue weighted by Crippen LogP contribution is 2.46. The Balaban J connectivity index is 1.77. The Morgan fingerprint density at radius 2 is 1.67 bits per heavy atom. The van der Waals surface area contributed by atoms with Gasteiger partial charge in [0.15, 0.2) is 0 Å². The Kier molecular flexibility index (Phi) is 4.60. The lowest BCUT2D eigenvalue weighted by Crippen LogP contribution is -2.39. The van der Waals surface area contributed by atoms with Crippen LogP contribution in [0.1, 0.15) is 38.5 Å². The molecule has 2 N–H and O–H groups in total. The lowest BCUT2D eigenvalue weighted by atomic mass is 9.81. The molecule has 0 bridgehead atoms. The van der Waals surface area contributed by atoms with E-state index >= 15 is 0 Å². The first-order chi connectivity index (χ1) is 9.71. The predicted octanol–water partition coefficient (Wildman–Crippen LogP) is 0.818. The maximum Gasteiger partial charge on any atom is 0.306 e. The maximum absolute atomic E-state index is 12.1. The first kappa shape index (κ1) is 16.3. The summed E-state index contributed by atoms with van der Waals surface area (Å²) in [6.45, 7) is 0.414. The van der Waals surface area contributed by atoms with Crippen molar-refractivity contribution >= 4 is 21.7 Å². The van der Waals surface area contributed by atoms with Crippen LogP contribution in [-0.4, -0.2) is 44.0 Å². The summed E-state index contributed by atoms with van der Waals surface area (Å²) in [5, 5.41) is 11.8. The Bertz CT molecular complexity index is 515. The van der Waals surface area contributed by atoms with Crippen LogP contribution in [0.2, 0.25) is 0 Å². The normalized spacial score (nSPS) is 27.9. The average Bonchev–Trinajstić information content (AvgIpc) is 3.14. The number of carboxylic acids is 1. The summed E-state index contributed by atoms with van der Waals surface area (Å²) in [4.78, 5) is 23.0. The zero-order chi connectivity index (χ0) is 15.7. The Labute approximate surface area is 125 Å². The number of hydrogen-bond donors (Lipinski definition) is 2. The molecule has 2 fully saturated rings. The summed E-state index contributed by atoms with van der Waals surface area (Å²) in [6, 6.07) is 0. The first-order valence-corrected chi connectivity index (χ1v) is 9.45. The van der Waals surface area contributed by atoms with E-state index in [9.17, 15) is 18.0 Å². The maximum atomic E-state index is 12.1. The molecule has 21 heavy (non-hydrogen) atoms. The predicted molar refractivity (Wildman–Crippen MR) is 77.5 cm³/mol. The molecule has 0 saturated heterocycles. The highest BCUT2D eigenvalue weighted by atomic mass is 32.2. The molecule has 2 rings (SSSR count). The van der Waals surface area contributed by atoms with Crippen molar-refractivity contribution in [3.63, 3.8) is 0 Å². The van der Waals surface area contributed by atoms with Crippen LogP contribution in [0.15, 0.2) is 0 Å². The van der Waals surface area contributed by atoms with Crippen molar-refractivity contribution in [2.45, 2.75) is 38.5 Å². The van der Waals surface area contributed by atoms with E-state index < -0.39 is 15.8 Å². The van der Waals surface area contributed by atoms with Crippen LogP contribution in [0.4, 0.5) is 0 Å². The average molecular weight is 317 g/mol. The van der Waals surface area contributed by atoms with Gasteiger partial charge < -0.3 is 10.4 Å². The number of nitrogens with one attached hydrogen (secondary N) is 1. The summed E-state index contributed by atoms with van der Waals surface area (Å²) in [6.07, 6.45) is 5.19. The summed E-state index contributed by atoms with van der Waals surface area (Å²) in [5.74, 6) is -1.16.